The monoisotopic (exact) mass is 424 g/mol. The van der Waals surface area contributed by atoms with E-state index in [1.807, 2.05) is 45.2 Å². The summed E-state index contributed by atoms with van der Waals surface area (Å²) < 4.78 is 17.0. The Balaban J connectivity index is 1.74. The lowest BCUT2D eigenvalue weighted by Gasteiger charge is -2.22. The minimum atomic E-state index is -0.464. The van der Waals surface area contributed by atoms with Gasteiger partial charge in [-0.2, -0.15) is 5.10 Å². The summed E-state index contributed by atoms with van der Waals surface area (Å²) in [4.78, 5) is 18.2. The van der Waals surface area contributed by atoms with E-state index < -0.39 is 11.7 Å². The Morgan fingerprint density at radius 3 is 2.60 bits per heavy atom. The van der Waals surface area contributed by atoms with Crippen LogP contribution in [0.4, 0.5) is 10.2 Å². The van der Waals surface area contributed by atoms with Crippen LogP contribution in [0.5, 0.6) is 0 Å². The second-order valence-electron chi connectivity index (χ2n) is 7.84. The zero-order valence-electron chi connectivity index (χ0n) is 17.0. The van der Waals surface area contributed by atoms with Crippen LogP contribution in [0.25, 0.3) is 16.4 Å². The second-order valence-corrected chi connectivity index (χ2v) is 8.78. The molecule has 0 aliphatic rings. The summed E-state index contributed by atoms with van der Waals surface area (Å²) in [6.45, 7) is 7.87. The van der Waals surface area contributed by atoms with Gasteiger partial charge in [0.15, 0.2) is 5.82 Å². The van der Waals surface area contributed by atoms with Gasteiger partial charge >= 0.3 is 0 Å². The Kier molecular flexibility index (Phi) is 4.98. The Morgan fingerprint density at radius 2 is 1.93 bits per heavy atom. The van der Waals surface area contributed by atoms with Crippen molar-refractivity contribution in [3.05, 3.63) is 65.2 Å². The third-order valence-electron chi connectivity index (χ3n) is 4.31. The SMILES string of the molecule is Cc1cc(NC(=O)c2nc(-c3cccs3)n(-c3cccc(F)c3)n2)n(C(C)(C)C)n1. The number of carbonyl (C=O) groups is 1. The molecule has 1 amide bonds. The molecule has 30 heavy (non-hydrogen) atoms. The predicted molar refractivity (Wildman–Crippen MR) is 115 cm³/mol. The lowest BCUT2D eigenvalue weighted by molar-refractivity contribution is 0.101. The van der Waals surface area contributed by atoms with E-state index in [0.29, 0.717) is 17.3 Å². The Bertz CT molecular complexity index is 1200. The van der Waals surface area contributed by atoms with Crippen molar-refractivity contribution in [2.45, 2.75) is 33.2 Å². The number of thiophene rings is 1. The normalized spacial score (nSPS) is 11.6. The number of hydrogen-bond acceptors (Lipinski definition) is 5. The van der Waals surface area contributed by atoms with E-state index in [2.05, 4.69) is 20.5 Å². The molecule has 0 fully saturated rings. The quantitative estimate of drug-likeness (QED) is 0.517. The first-order chi connectivity index (χ1) is 14.2. The van der Waals surface area contributed by atoms with Crippen molar-refractivity contribution in [1.29, 1.82) is 0 Å². The molecule has 154 valence electrons. The zero-order valence-corrected chi connectivity index (χ0v) is 17.9. The zero-order chi connectivity index (χ0) is 21.5. The summed E-state index contributed by atoms with van der Waals surface area (Å²) in [6, 6.07) is 11.6. The van der Waals surface area contributed by atoms with Crippen LogP contribution in [0, 0.1) is 12.7 Å². The predicted octanol–water partition coefficient (Wildman–Crippen LogP) is 4.65. The highest BCUT2D eigenvalue weighted by molar-refractivity contribution is 7.13. The van der Waals surface area contributed by atoms with Crippen LogP contribution < -0.4 is 5.32 Å². The minimum Gasteiger partial charge on any atom is -0.304 e. The lowest BCUT2D eigenvalue weighted by Crippen LogP contribution is -2.27. The third-order valence-corrected chi connectivity index (χ3v) is 5.18. The molecule has 1 N–H and O–H groups in total. The molecule has 7 nitrogen and oxygen atoms in total. The number of anilines is 1. The molecule has 9 heteroatoms. The fourth-order valence-corrected chi connectivity index (χ4v) is 3.73. The van der Waals surface area contributed by atoms with E-state index in [0.717, 1.165) is 10.6 Å². The van der Waals surface area contributed by atoms with E-state index in [-0.39, 0.29) is 11.4 Å². The number of carbonyl (C=O) groups excluding carboxylic acids is 1. The van der Waals surface area contributed by atoms with E-state index in [9.17, 15) is 9.18 Å². The van der Waals surface area contributed by atoms with Crippen molar-refractivity contribution < 1.29 is 9.18 Å². The highest BCUT2D eigenvalue weighted by atomic mass is 32.1. The van der Waals surface area contributed by atoms with Crippen LogP contribution in [0.15, 0.2) is 47.8 Å². The molecule has 0 bridgehead atoms. The molecule has 4 aromatic rings. The number of hydrogen-bond donors (Lipinski definition) is 1. The molecule has 4 rings (SSSR count). The van der Waals surface area contributed by atoms with Crippen molar-refractivity contribution in [3.63, 3.8) is 0 Å². The van der Waals surface area contributed by atoms with Crippen LogP contribution in [0.1, 0.15) is 37.1 Å². The number of amides is 1. The van der Waals surface area contributed by atoms with Gasteiger partial charge in [-0.15, -0.1) is 16.4 Å². The smallest absolute Gasteiger partial charge is 0.296 e. The molecular formula is C21H21FN6OS. The molecule has 0 saturated heterocycles. The fraction of sp³-hybridized carbons (Fsp3) is 0.238. The van der Waals surface area contributed by atoms with Gasteiger partial charge < -0.3 is 5.32 Å². The first-order valence-corrected chi connectivity index (χ1v) is 10.3. The average molecular weight is 425 g/mol. The van der Waals surface area contributed by atoms with Gasteiger partial charge in [-0.3, -0.25) is 4.79 Å². The standard InChI is InChI=1S/C21H21FN6OS/c1-13-11-17(28(25-13)21(2,3)4)23-20(29)18-24-19(16-9-6-10-30-16)27(26-18)15-8-5-7-14(22)12-15/h5-12H,1-4H3,(H,23,29). The van der Waals surface area contributed by atoms with Gasteiger partial charge in [0.25, 0.3) is 5.91 Å². The van der Waals surface area contributed by atoms with Crippen molar-refractivity contribution in [2.75, 3.05) is 5.32 Å². The molecular weight excluding hydrogens is 403 g/mol. The minimum absolute atomic E-state index is 0.0121. The summed E-state index contributed by atoms with van der Waals surface area (Å²) in [5, 5.41) is 13.6. The van der Waals surface area contributed by atoms with Crippen LogP contribution in [0.3, 0.4) is 0 Å². The number of halogens is 1. The third kappa shape index (κ3) is 3.88. The average Bonchev–Trinajstić information content (AvgIpc) is 3.40. The summed E-state index contributed by atoms with van der Waals surface area (Å²) in [7, 11) is 0. The molecule has 3 aromatic heterocycles. The van der Waals surface area contributed by atoms with E-state index in [1.54, 1.807) is 22.9 Å². The molecule has 1 aromatic carbocycles. The van der Waals surface area contributed by atoms with Gasteiger partial charge in [0, 0.05) is 6.07 Å². The second kappa shape index (κ2) is 7.49. The van der Waals surface area contributed by atoms with Gasteiger partial charge in [0.2, 0.25) is 5.82 Å². The molecule has 0 unspecified atom stereocenters. The van der Waals surface area contributed by atoms with E-state index >= 15 is 0 Å². The van der Waals surface area contributed by atoms with Crippen LogP contribution >= 0.6 is 11.3 Å². The van der Waals surface area contributed by atoms with Gasteiger partial charge in [0.1, 0.15) is 11.6 Å². The summed E-state index contributed by atoms with van der Waals surface area (Å²) >= 11 is 1.46. The highest BCUT2D eigenvalue weighted by Crippen LogP contribution is 2.26. The Morgan fingerprint density at radius 1 is 1.13 bits per heavy atom. The number of aryl methyl sites for hydroxylation is 1. The van der Waals surface area contributed by atoms with Crippen molar-refractivity contribution in [3.8, 4) is 16.4 Å². The summed E-state index contributed by atoms with van der Waals surface area (Å²) in [5.41, 5.74) is 0.964. The number of nitrogens with zero attached hydrogens (tertiary/aromatic N) is 5. The fourth-order valence-electron chi connectivity index (χ4n) is 3.03. The first kappa shape index (κ1) is 20.0. The molecule has 0 aliphatic heterocycles. The van der Waals surface area contributed by atoms with Gasteiger partial charge in [0.05, 0.1) is 21.8 Å². The lowest BCUT2D eigenvalue weighted by atomic mass is 10.1. The van der Waals surface area contributed by atoms with Gasteiger partial charge in [-0.05, 0) is 57.3 Å². The number of rotatable bonds is 4. The Hall–Kier alpha value is -3.33. The van der Waals surface area contributed by atoms with Crippen molar-refractivity contribution in [1.82, 2.24) is 24.5 Å². The molecule has 3 heterocycles. The number of benzene rings is 1. The van der Waals surface area contributed by atoms with Crippen LogP contribution in [0.2, 0.25) is 0 Å². The number of nitrogens with one attached hydrogen (secondary N) is 1. The molecule has 0 atom stereocenters. The maximum Gasteiger partial charge on any atom is 0.296 e. The number of aromatic nitrogens is 5. The van der Waals surface area contributed by atoms with E-state index in [1.165, 1.54) is 28.2 Å². The van der Waals surface area contributed by atoms with Gasteiger partial charge in [-0.1, -0.05) is 12.1 Å². The van der Waals surface area contributed by atoms with Crippen LogP contribution in [-0.4, -0.2) is 30.5 Å². The molecule has 0 spiro atoms. The summed E-state index contributed by atoms with van der Waals surface area (Å²) in [5.74, 6) is 0.164. The molecule has 0 radical (unpaired) electrons. The maximum absolute atomic E-state index is 13.8. The summed E-state index contributed by atoms with van der Waals surface area (Å²) in [6.07, 6.45) is 0. The van der Waals surface area contributed by atoms with E-state index in [4.69, 9.17) is 0 Å². The highest BCUT2D eigenvalue weighted by Gasteiger charge is 2.24. The van der Waals surface area contributed by atoms with Crippen LogP contribution in [-0.2, 0) is 5.54 Å². The topological polar surface area (TPSA) is 77.6 Å². The molecule has 0 aliphatic carbocycles. The van der Waals surface area contributed by atoms with Gasteiger partial charge in [-0.25, -0.2) is 18.7 Å². The van der Waals surface area contributed by atoms with Crippen molar-refractivity contribution >= 4 is 23.1 Å². The molecule has 0 saturated carbocycles. The maximum atomic E-state index is 13.8. The largest absolute Gasteiger partial charge is 0.304 e. The van der Waals surface area contributed by atoms with Crippen molar-refractivity contribution in [2.24, 2.45) is 0 Å². The Labute approximate surface area is 177 Å². The first-order valence-electron chi connectivity index (χ1n) is 9.38.